The molecule has 1 saturated heterocycles. The fourth-order valence-corrected chi connectivity index (χ4v) is 3.96. The van der Waals surface area contributed by atoms with Gasteiger partial charge in [-0.3, -0.25) is 4.79 Å². The topological polar surface area (TPSA) is 134 Å². The summed E-state index contributed by atoms with van der Waals surface area (Å²) in [6, 6.07) is -1.11. The first-order valence-corrected chi connectivity index (χ1v) is 10.0. The Morgan fingerprint density at radius 3 is 2.41 bits per heavy atom. The number of alkyl carbamates (subject to hydrolysis) is 1. The highest BCUT2D eigenvalue weighted by Gasteiger charge is 2.42. The first kappa shape index (κ1) is 22.8. The van der Waals surface area contributed by atoms with Crippen LogP contribution in [0.3, 0.4) is 0 Å². The first-order chi connectivity index (χ1) is 13.6. The molecule has 0 bridgehead atoms. The molecule has 0 aromatic rings. The summed E-state index contributed by atoms with van der Waals surface area (Å²) >= 11 is 0. The number of likely N-dealkylation sites (tertiary alicyclic amines) is 1. The van der Waals surface area contributed by atoms with E-state index in [1.54, 1.807) is 0 Å². The molecule has 1 aliphatic heterocycles. The van der Waals surface area contributed by atoms with Crippen LogP contribution < -0.4 is 5.32 Å². The largest absolute Gasteiger partial charge is 0.467 e. The maximum atomic E-state index is 13.0. The molecule has 0 spiro atoms. The van der Waals surface area contributed by atoms with Gasteiger partial charge in [-0.2, -0.15) is 0 Å². The number of rotatable bonds is 5. The summed E-state index contributed by atoms with van der Waals surface area (Å²) in [6.45, 7) is 6.20. The van der Waals surface area contributed by atoms with Crippen LogP contribution in [0.25, 0.3) is 10.4 Å². The van der Waals surface area contributed by atoms with Crippen LogP contribution in [0.5, 0.6) is 0 Å². The van der Waals surface area contributed by atoms with Gasteiger partial charge in [0.15, 0.2) is 0 Å². The molecule has 2 atom stereocenters. The van der Waals surface area contributed by atoms with E-state index in [1.807, 2.05) is 20.8 Å². The molecule has 1 unspecified atom stereocenters. The van der Waals surface area contributed by atoms with Crippen LogP contribution in [0, 0.1) is 11.8 Å². The van der Waals surface area contributed by atoms with Crippen molar-refractivity contribution >= 4 is 18.0 Å². The van der Waals surface area contributed by atoms with E-state index in [9.17, 15) is 14.4 Å². The van der Waals surface area contributed by atoms with E-state index in [1.165, 1.54) is 12.0 Å². The third-order valence-electron chi connectivity index (χ3n) is 5.38. The minimum Gasteiger partial charge on any atom is -0.467 e. The molecule has 10 heteroatoms. The van der Waals surface area contributed by atoms with Crippen LogP contribution in [0.15, 0.2) is 5.11 Å². The molecular formula is C19H31N5O5. The Labute approximate surface area is 170 Å². The van der Waals surface area contributed by atoms with Gasteiger partial charge < -0.3 is 19.7 Å². The minimum atomic E-state index is -0.699. The Morgan fingerprint density at radius 1 is 1.21 bits per heavy atom. The Hall–Kier alpha value is -2.48. The fraction of sp³-hybridized carbons (Fsp3) is 0.842. The monoisotopic (exact) mass is 409 g/mol. The zero-order valence-electron chi connectivity index (χ0n) is 17.6. The van der Waals surface area contributed by atoms with E-state index in [0.29, 0.717) is 19.4 Å². The number of methoxy groups -OCH3 is 1. The molecule has 0 aromatic heterocycles. The molecule has 162 valence electrons. The van der Waals surface area contributed by atoms with Gasteiger partial charge in [-0.05, 0) is 64.3 Å². The van der Waals surface area contributed by atoms with E-state index >= 15 is 0 Å². The van der Waals surface area contributed by atoms with Crippen LogP contribution >= 0.6 is 0 Å². The van der Waals surface area contributed by atoms with Gasteiger partial charge in [-0.1, -0.05) is 5.11 Å². The van der Waals surface area contributed by atoms with Crippen molar-refractivity contribution in [3.8, 4) is 0 Å². The van der Waals surface area contributed by atoms with Crippen molar-refractivity contribution in [2.75, 3.05) is 20.2 Å². The standard InChI is InChI=1S/C19H31N5O5/c1-19(2,3)29-18(27)21-10-12-5-7-13(8-6-12)16(25)24-11-14(22-23-20)9-15(24)17(26)28-4/h12-15H,5-11H2,1-4H3,(H,21,27)/t12?,13?,14?,15-/m0/s1. The molecular weight excluding hydrogens is 378 g/mol. The summed E-state index contributed by atoms with van der Waals surface area (Å²) in [5.74, 6) is -0.457. The van der Waals surface area contributed by atoms with Crippen molar-refractivity contribution in [1.29, 1.82) is 0 Å². The second-order valence-corrected chi connectivity index (χ2v) is 8.72. The van der Waals surface area contributed by atoms with Crippen LogP contribution in [-0.2, 0) is 19.1 Å². The Balaban J connectivity index is 1.86. The predicted molar refractivity (Wildman–Crippen MR) is 105 cm³/mol. The molecule has 1 heterocycles. The highest BCUT2D eigenvalue weighted by molar-refractivity contribution is 5.86. The van der Waals surface area contributed by atoms with Gasteiger partial charge >= 0.3 is 12.1 Å². The van der Waals surface area contributed by atoms with Gasteiger partial charge in [0.25, 0.3) is 0 Å². The lowest BCUT2D eigenvalue weighted by Gasteiger charge is -2.32. The zero-order valence-corrected chi connectivity index (χ0v) is 17.6. The van der Waals surface area contributed by atoms with Gasteiger partial charge in [0.2, 0.25) is 5.91 Å². The summed E-state index contributed by atoms with van der Waals surface area (Å²) < 4.78 is 10.1. The molecule has 2 aliphatic rings. The van der Waals surface area contributed by atoms with Crippen molar-refractivity contribution in [3.05, 3.63) is 10.4 Å². The van der Waals surface area contributed by atoms with Crippen LogP contribution in [0.2, 0.25) is 0 Å². The molecule has 0 radical (unpaired) electrons. The molecule has 1 aliphatic carbocycles. The van der Waals surface area contributed by atoms with Crippen molar-refractivity contribution in [1.82, 2.24) is 10.2 Å². The van der Waals surface area contributed by atoms with Gasteiger partial charge in [0, 0.05) is 23.9 Å². The number of nitrogens with one attached hydrogen (secondary N) is 1. The van der Waals surface area contributed by atoms with Gasteiger partial charge in [-0.15, -0.1) is 0 Å². The lowest BCUT2D eigenvalue weighted by atomic mass is 9.81. The Kier molecular flexibility index (Phi) is 7.73. The van der Waals surface area contributed by atoms with E-state index < -0.39 is 29.7 Å². The highest BCUT2D eigenvalue weighted by atomic mass is 16.6. The van der Waals surface area contributed by atoms with Crippen LogP contribution in [0.4, 0.5) is 4.79 Å². The van der Waals surface area contributed by atoms with E-state index in [4.69, 9.17) is 15.0 Å². The minimum absolute atomic E-state index is 0.0883. The number of esters is 1. The quantitative estimate of drug-likeness (QED) is 0.322. The second-order valence-electron chi connectivity index (χ2n) is 8.72. The fourth-order valence-electron chi connectivity index (χ4n) is 3.96. The molecule has 2 fully saturated rings. The summed E-state index contributed by atoms with van der Waals surface area (Å²) in [4.78, 5) is 41.2. The van der Waals surface area contributed by atoms with Crippen molar-refractivity contribution in [2.24, 2.45) is 17.0 Å². The van der Waals surface area contributed by atoms with Crippen LogP contribution in [-0.4, -0.2) is 60.8 Å². The predicted octanol–water partition coefficient (Wildman–Crippen LogP) is 2.77. The molecule has 1 saturated carbocycles. The SMILES string of the molecule is COC(=O)[C@@H]1CC(N=[N+]=[N-])CN1C(=O)C1CCC(CNC(=O)OC(C)(C)C)CC1. The van der Waals surface area contributed by atoms with Crippen molar-refractivity contribution < 1.29 is 23.9 Å². The normalized spacial score (nSPS) is 27.0. The average molecular weight is 409 g/mol. The molecule has 2 rings (SSSR count). The Morgan fingerprint density at radius 2 is 1.86 bits per heavy atom. The number of amides is 2. The second kappa shape index (κ2) is 9.82. The van der Waals surface area contributed by atoms with Gasteiger partial charge in [0.1, 0.15) is 11.6 Å². The zero-order chi connectivity index (χ0) is 21.6. The lowest BCUT2D eigenvalue weighted by molar-refractivity contribution is -0.152. The first-order valence-electron chi connectivity index (χ1n) is 10.0. The smallest absolute Gasteiger partial charge is 0.407 e. The van der Waals surface area contributed by atoms with E-state index in [-0.39, 0.29) is 30.7 Å². The van der Waals surface area contributed by atoms with E-state index in [2.05, 4.69) is 15.3 Å². The Bertz CT molecular complexity index is 662. The third-order valence-corrected chi connectivity index (χ3v) is 5.38. The van der Waals surface area contributed by atoms with Gasteiger partial charge in [0.05, 0.1) is 13.2 Å². The molecule has 2 amide bonds. The molecule has 0 aromatic carbocycles. The molecule has 29 heavy (non-hydrogen) atoms. The highest BCUT2D eigenvalue weighted by Crippen LogP contribution is 2.32. The number of carbonyl (C=O) groups excluding carboxylic acids is 3. The third kappa shape index (κ3) is 6.52. The summed E-state index contributed by atoms with van der Waals surface area (Å²) in [7, 11) is 1.29. The van der Waals surface area contributed by atoms with E-state index in [0.717, 1.165) is 12.8 Å². The number of nitrogens with zero attached hydrogens (tertiary/aromatic N) is 4. The maximum absolute atomic E-state index is 13.0. The summed E-state index contributed by atoms with van der Waals surface area (Å²) in [5.41, 5.74) is 8.13. The van der Waals surface area contributed by atoms with Gasteiger partial charge in [-0.25, -0.2) is 9.59 Å². The van der Waals surface area contributed by atoms with Crippen LogP contribution in [0.1, 0.15) is 52.9 Å². The number of azide groups is 1. The summed E-state index contributed by atoms with van der Waals surface area (Å²) in [6.07, 6.45) is 2.85. The number of hydrogen-bond acceptors (Lipinski definition) is 6. The van der Waals surface area contributed by atoms with Crippen molar-refractivity contribution in [3.63, 3.8) is 0 Å². The molecule has 1 N–H and O–H groups in total. The number of ether oxygens (including phenoxy) is 2. The number of hydrogen-bond donors (Lipinski definition) is 1. The average Bonchev–Trinajstić information content (AvgIpc) is 3.08. The molecule has 10 nitrogen and oxygen atoms in total. The summed E-state index contributed by atoms with van der Waals surface area (Å²) in [5, 5.41) is 6.47. The maximum Gasteiger partial charge on any atom is 0.407 e. The lowest BCUT2D eigenvalue weighted by Crippen LogP contribution is -2.45. The number of carbonyl (C=O) groups is 3. The van der Waals surface area contributed by atoms with Crippen molar-refractivity contribution in [2.45, 2.75) is 70.6 Å².